The summed E-state index contributed by atoms with van der Waals surface area (Å²) in [5, 5.41) is 3.03. The van der Waals surface area contributed by atoms with Crippen LogP contribution in [0.15, 0.2) is 35.3 Å². The standard InChI is InChI=1S/C14H18N4O/c1-9(2)11-4-6-12(7-5-11)17-14-16-8-10(3)13(19)18(14)15/h4-9H,15H2,1-3H3,(H,16,17). The van der Waals surface area contributed by atoms with Crippen molar-refractivity contribution in [3.05, 3.63) is 51.9 Å². The van der Waals surface area contributed by atoms with E-state index in [2.05, 4.69) is 24.1 Å². The summed E-state index contributed by atoms with van der Waals surface area (Å²) >= 11 is 0. The molecule has 0 fully saturated rings. The van der Waals surface area contributed by atoms with Crippen LogP contribution in [0.4, 0.5) is 11.6 Å². The monoisotopic (exact) mass is 258 g/mol. The topological polar surface area (TPSA) is 72.9 Å². The van der Waals surface area contributed by atoms with Crippen molar-refractivity contribution in [3.63, 3.8) is 0 Å². The lowest BCUT2D eigenvalue weighted by Gasteiger charge is -2.11. The maximum absolute atomic E-state index is 11.7. The zero-order valence-electron chi connectivity index (χ0n) is 11.3. The Morgan fingerprint density at radius 3 is 2.47 bits per heavy atom. The Bertz CT molecular complexity index is 629. The number of aryl methyl sites for hydroxylation is 1. The van der Waals surface area contributed by atoms with Crippen LogP contribution >= 0.6 is 0 Å². The van der Waals surface area contributed by atoms with E-state index in [1.165, 1.54) is 11.8 Å². The normalized spacial score (nSPS) is 10.7. The Labute approximate surface area is 112 Å². The fourth-order valence-corrected chi connectivity index (χ4v) is 1.73. The number of benzene rings is 1. The molecule has 5 heteroatoms. The molecule has 0 amide bonds. The summed E-state index contributed by atoms with van der Waals surface area (Å²) in [4.78, 5) is 15.8. The zero-order valence-corrected chi connectivity index (χ0v) is 11.3. The molecule has 2 rings (SSSR count). The van der Waals surface area contributed by atoms with E-state index in [0.717, 1.165) is 10.4 Å². The molecule has 100 valence electrons. The first-order valence-corrected chi connectivity index (χ1v) is 6.19. The van der Waals surface area contributed by atoms with Crippen molar-refractivity contribution in [2.24, 2.45) is 0 Å². The largest absolute Gasteiger partial charge is 0.333 e. The molecule has 0 aliphatic carbocycles. The van der Waals surface area contributed by atoms with Gasteiger partial charge in [-0.2, -0.15) is 4.68 Å². The van der Waals surface area contributed by atoms with Crippen LogP contribution in [-0.2, 0) is 0 Å². The van der Waals surface area contributed by atoms with Crippen molar-refractivity contribution in [1.82, 2.24) is 9.66 Å². The molecule has 2 aromatic rings. The molecule has 1 aromatic heterocycles. The van der Waals surface area contributed by atoms with Gasteiger partial charge >= 0.3 is 0 Å². The maximum atomic E-state index is 11.7. The van der Waals surface area contributed by atoms with E-state index < -0.39 is 0 Å². The lowest BCUT2D eigenvalue weighted by atomic mass is 10.0. The molecule has 0 bridgehead atoms. The van der Waals surface area contributed by atoms with Crippen LogP contribution in [0.3, 0.4) is 0 Å². The minimum Gasteiger partial charge on any atom is -0.333 e. The van der Waals surface area contributed by atoms with Gasteiger partial charge in [0.2, 0.25) is 5.95 Å². The number of nitrogens with two attached hydrogens (primary N) is 1. The first-order chi connectivity index (χ1) is 8.99. The molecule has 0 atom stereocenters. The SMILES string of the molecule is Cc1cnc(Nc2ccc(C(C)C)cc2)n(N)c1=O. The van der Waals surface area contributed by atoms with Crippen molar-refractivity contribution in [2.75, 3.05) is 11.2 Å². The average molecular weight is 258 g/mol. The van der Waals surface area contributed by atoms with Crippen molar-refractivity contribution >= 4 is 11.6 Å². The second kappa shape index (κ2) is 5.14. The summed E-state index contributed by atoms with van der Waals surface area (Å²) in [5.74, 6) is 6.50. The van der Waals surface area contributed by atoms with Crippen LogP contribution in [0.2, 0.25) is 0 Å². The molecule has 0 saturated carbocycles. The molecule has 1 aromatic carbocycles. The maximum Gasteiger partial charge on any atom is 0.276 e. The molecule has 1 heterocycles. The van der Waals surface area contributed by atoms with Gasteiger partial charge in [-0.25, -0.2) is 4.98 Å². The summed E-state index contributed by atoms with van der Waals surface area (Å²) in [6.07, 6.45) is 1.51. The van der Waals surface area contributed by atoms with Crippen molar-refractivity contribution < 1.29 is 0 Å². The van der Waals surface area contributed by atoms with E-state index in [4.69, 9.17) is 5.84 Å². The van der Waals surface area contributed by atoms with Gasteiger partial charge in [0.05, 0.1) is 0 Å². The number of hydrogen-bond acceptors (Lipinski definition) is 4. The number of anilines is 2. The number of nitrogens with zero attached hydrogens (tertiary/aromatic N) is 2. The first kappa shape index (κ1) is 13.1. The van der Waals surface area contributed by atoms with E-state index in [1.807, 2.05) is 24.3 Å². The van der Waals surface area contributed by atoms with Gasteiger partial charge in [0.25, 0.3) is 5.56 Å². The molecule has 0 aliphatic heterocycles. The Morgan fingerprint density at radius 2 is 1.89 bits per heavy atom. The minimum absolute atomic E-state index is 0.253. The van der Waals surface area contributed by atoms with Crippen molar-refractivity contribution in [2.45, 2.75) is 26.7 Å². The van der Waals surface area contributed by atoms with Crippen LogP contribution in [-0.4, -0.2) is 9.66 Å². The van der Waals surface area contributed by atoms with Gasteiger partial charge < -0.3 is 11.2 Å². The smallest absolute Gasteiger partial charge is 0.276 e. The molecule has 0 radical (unpaired) electrons. The summed E-state index contributed by atoms with van der Waals surface area (Å²) in [5.41, 5.74) is 2.37. The quantitative estimate of drug-likeness (QED) is 0.827. The summed E-state index contributed by atoms with van der Waals surface area (Å²) < 4.78 is 1.02. The highest BCUT2D eigenvalue weighted by Gasteiger charge is 2.05. The van der Waals surface area contributed by atoms with E-state index >= 15 is 0 Å². The number of hydrogen-bond donors (Lipinski definition) is 2. The Kier molecular flexibility index (Phi) is 3.55. The van der Waals surface area contributed by atoms with Crippen molar-refractivity contribution in [3.8, 4) is 0 Å². The number of nitrogen functional groups attached to an aromatic ring is 1. The van der Waals surface area contributed by atoms with Gasteiger partial charge in [-0.15, -0.1) is 0 Å². The van der Waals surface area contributed by atoms with Crippen LogP contribution in [0.1, 0.15) is 30.9 Å². The highest BCUT2D eigenvalue weighted by Crippen LogP contribution is 2.18. The number of aromatic nitrogens is 2. The fraction of sp³-hybridized carbons (Fsp3) is 0.286. The van der Waals surface area contributed by atoms with Crippen LogP contribution in [0, 0.1) is 6.92 Å². The first-order valence-electron chi connectivity index (χ1n) is 6.19. The van der Waals surface area contributed by atoms with Crippen LogP contribution in [0.5, 0.6) is 0 Å². The molecule has 0 unspecified atom stereocenters. The second-order valence-corrected chi connectivity index (χ2v) is 4.84. The molecular formula is C14H18N4O. The van der Waals surface area contributed by atoms with Gasteiger partial charge in [0.15, 0.2) is 0 Å². The van der Waals surface area contributed by atoms with E-state index in [-0.39, 0.29) is 5.56 Å². The Balaban J connectivity index is 2.27. The predicted octanol–water partition coefficient (Wildman–Crippen LogP) is 2.13. The van der Waals surface area contributed by atoms with Gasteiger partial charge in [0, 0.05) is 17.4 Å². The zero-order chi connectivity index (χ0) is 14.0. The van der Waals surface area contributed by atoms with E-state index in [9.17, 15) is 4.79 Å². The summed E-state index contributed by atoms with van der Waals surface area (Å²) in [6, 6.07) is 7.98. The lowest BCUT2D eigenvalue weighted by Crippen LogP contribution is -2.31. The van der Waals surface area contributed by atoms with Crippen LogP contribution < -0.4 is 16.7 Å². The van der Waals surface area contributed by atoms with E-state index in [1.54, 1.807) is 6.92 Å². The highest BCUT2D eigenvalue weighted by atomic mass is 16.1. The van der Waals surface area contributed by atoms with Gasteiger partial charge in [-0.05, 0) is 30.5 Å². The number of nitrogens with one attached hydrogen (secondary N) is 1. The fourth-order valence-electron chi connectivity index (χ4n) is 1.73. The van der Waals surface area contributed by atoms with Gasteiger partial charge in [0.1, 0.15) is 0 Å². The second-order valence-electron chi connectivity index (χ2n) is 4.84. The third kappa shape index (κ3) is 2.76. The Morgan fingerprint density at radius 1 is 1.26 bits per heavy atom. The molecule has 19 heavy (non-hydrogen) atoms. The Hall–Kier alpha value is -2.30. The predicted molar refractivity (Wildman–Crippen MR) is 77.2 cm³/mol. The van der Waals surface area contributed by atoms with Gasteiger partial charge in [-0.3, -0.25) is 4.79 Å². The summed E-state index contributed by atoms with van der Waals surface area (Å²) in [7, 11) is 0. The third-order valence-electron chi connectivity index (χ3n) is 3.00. The lowest BCUT2D eigenvalue weighted by molar-refractivity contribution is 0.866. The molecular weight excluding hydrogens is 240 g/mol. The van der Waals surface area contributed by atoms with Crippen LogP contribution in [0.25, 0.3) is 0 Å². The molecule has 0 saturated heterocycles. The van der Waals surface area contributed by atoms with E-state index in [0.29, 0.717) is 17.4 Å². The molecule has 0 spiro atoms. The third-order valence-corrected chi connectivity index (χ3v) is 3.00. The molecule has 5 nitrogen and oxygen atoms in total. The summed E-state index contributed by atoms with van der Waals surface area (Å²) in [6.45, 7) is 5.96. The minimum atomic E-state index is -0.253. The highest BCUT2D eigenvalue weighted by molar-refractivity contribution is 5.54. The van der Waals surface area contributed by atoms with Gasteiger partial charge in [-0.1, -0.05) is 26.0 Å². The average Bonchev–Trinajstić information content (AvgIpc) is 2.40. The molecule has 0 aliphatic rings. The van der Waals surface area contributed by atoms with Crippen molar-refractivity contribution in [1.29, 1.82) is 0 Å². The molecule has 3 N–H and O–H groups in total. The number of rotatable bonds is 3.